The molecule has 4 nitrogen and oxygen atoms in total. The smallest absolute Gasteiger partial charge is 0.306 e. The Hall–Kier alpha value is -2.18. The van der Waals surface area contributed by atoms with Crippen LogP contribution in [0, 0.1) is 0 Å². The number of imidazole rings is 1. The van der Waals surface area contributed by atoms with Crippen molar-refractivity contribution in [2.45, 2.75) is 0 Å². The number of aromatic nitrogens is 2. The average molecular weight is 300 g/mol. The maximum absolute atomic E-state index is 12.5. The molecule has 6 heteroatoms. The van der Waals surface area contributed by atoms with Crippen molar-refractivity contribution in [1.29, 1.82) is 0 Å². The fourth-order valence-corrected chi connectivity index (χ4v) is 4.26. The summed E-state index contributed by atoms with van der Waals surface area (Å²) < 4.78 is 2.27. The van der Waals surface area contributed by atoms with Crippen molar-refractivity contribution in [3.05, 3.63) is 56.6 Å². The Morgan fingerprint density at radius 1 is 1.00 bits per heavy atom. The van der Waals surface area contributed by atoms with E-state index < -0.39 is 0 Å². The van der Waals surface area contributed by atoms with Crippen molar-refractivity contribution in [3.63, 3.8) is 0 Å². The van der Waals surface area contributed by atoms with Crippen LogP contribution in [0.1, 0.15) is 15.2 Å². The van der Waals surface area contributed by atoms with Crippen LogP contribution in [-0.2, 0) is 0 Å². The van der Waals surface area contributed by atoms with Gasteiger partial charge in [0.15, 0.2) is 0 Å². The van der Waals surface area contributed by atoms with Gasteiger partial charge in [0, 0.05) is 15.0 Å². The van der Waals surface area contributed by atoms with E-state index >= 15 is 0 Å². The van der Waals surface area contributed by atoms with Gasteiger partial charge in [-0.15, -0.1) is 22.7 Å². The van der Waals surface area contributed by atoms with E-state index in [0.29, 0.717) is 16.6 Å². The van der Waals surface area contributed by atoms with Crippen LogP contribution in [0.4, 0.5) is 0 Å². The highest BCUT2D eigenvalue weighted by Gasteiger charge is 2.14. The number of aromatic amines is 2. The first-order chi connectivity index (χ1) is 9.70. The number of rotatable bonds is 2. The molecular weight excluding hydrogens is 292 g/mol. The largest absolute Gasteiger partial charge is 0.323 e. The van der Waals surface area contributed by atoms with Gasteiger partial charge in [0.05, 0.1) is 15.9 Å². The highest BCUT2D eigenvalue weighted by Crippen LogP contribution is 2.31. The first-order valence-electron chi connectivity index (χ1n) is 5.94. The fraction of sp³-hybridized carbons (Fsp3) is 0. The van der Waals surface area contributed by atoms with Crippen molar-refractivity contribution >= 4 is 48.9 Å². The van der Waals surface area contributed by atoms with E-state index in [0.717, 1.165) is 14.3 Å². The zero-order chi connectivity index (χ0) is 13.7. The Labute approximate surface area is 120 Å². The highest BCUT2D eigenvalue weighted by atomic mass is 32.1. The molecule has 0 aliphatic rings. The third-order valence-electron chi connectivity index (χ3n) is 3.14. The zero-order valence-electron chi connectivity index (χ0n) is 10.1. The number of H-pyrrole nitrogens is 2. The predicted octanol–water partition coefficient (Wildman–Crippen LogP) is 3.36. The SMILES string of the molecule is O=C(c1ccc2[nH]c(=O)[nH]c2c1)c1cc2sccc2s1. The molecule has 0 aliphatic heterocycles. The second kappa shape index (κ2) is 4.16. The summed E-state index contributed by atoms with van der Waals surface area (Å²) in [6.07, 6.45) is 0. The Balaban J connectivity index is 1.82. The van der Waals surface area contributed by atoms with Gasteiger partial charge in [-0.25, -0.2) is 4.79 Å². The average Bonchev–Trinajstić information content (AvgIpc) is 3.08. The number of ketones is 1. The lowest BCUT2D eigenvalue weighted by molar-refractivity contribution is 0.104. The summed E-state index contributed by atoms with van der Waals surface area (Å²) in [5.74, 6) is -0.0117. The zero-order valence-corrected chi connectivity index (χ0v) is 11.7. The number of carbonyl (C=O) groups is 1. The van der Waals surface area contributed by atoms with Crippen LogP contribution in [0.15, 0.2) is 40.5 Å². The van der Waals surface area contributed by atoms with E-state index in [1.165, 1.54) is 11.3 Å². The molecule has 0 radical (unpaired) electrons. The molecule has 0 saturated carbocycles. The maximum atomic E-state index is 12.5. The van der Waals surface area contributed by atoms with Gasteiger partial charge < -0.3 is 9.97 Å². The topological polar surface area (TPSA) is 65.7 Å². The summed E-state index contributed by atoms with van der Waals surface area (Å²) in [5, 5.41) is 2.02. The normalized spacial score (nSPS) is 11.4. The number of thiophene rings is 2. The Morgan fingerprint density at radius 2 is 1.85 bits per heavy atom. The Morgan fingerprint density at radius 3 is 2.70 bits per heavy atom. The van der Waals surface area contributed by atoms with Crippen LogP contribution in [-0.4, -0.2) is 15.8 Å². The maximum Gasteiger partial charge on any atom is 0.323 e. The molecule has 0 unspecified atom stereocenters. The third-order valence-corrected chi connectivity index (χ3v) is 5.23. The minimum atomic E-state index is -0.263. The number of benzene rings is 1. The van der Waals surface area contributed by atoms with E-state index in [2.05, 4.69) is 9.97 Å². The van der Waals surface area contributed by atoms with Crippen molar-refractivity contribution in [1.82, 2.24) is 9.97 Å². The summed E-state index contributed by atoms with van der Waals surface area (Å²) in [6, 6.07) is 9.15. The van der Waals surface area contributed by atoms with Crippen molar-refractivity contribution in [2.75, 3.05) is 0 Å². The lowest BCUT2D eigenvalue weighted by Crippen LogP contribution is -1.99. The summed E-state index contributed by atoms with van der Waals surface area (Å²) >= 11 is 3.13. The van der Waals surface area contributed by atoms with E-state index in [1.54, 1.807) is 29.5 Å². The number of fused-ring (bicyclic) bond motifs is 2. The third kappa shape index (κ3) is 1.73. The molecule has 4 rings (SSSR count). The van der Waals surface area contributed by atoms with E-state index in [1.807, 2.05) is 17.5 Å². The van der Waals surface area contributed by atoms with Gasteiger partial charge in [0.2, 0.25) is 5.78 Å². The van der Waals surface area contributed by atoms with Gasteiger partial charge >= 0.3 is 5.69 Å². The van der Waals surface area contributed by atoms with Crippen molar-refractivity contribution < 1.29 is 4.79 Å². The molecule has 2 N–H and O–H groups in total. The van der Waals surface area contributed by atoms with Crippen LogP contribution >= 0.6 is 22.7 Å². The molecule has 0 aliphatic carbocycles. The number of carbonyl (C=O) groups excluding carboxylic acids is 1. The number of hydrogen-bond acceptors (Lipinski definition) is 4. The quantitative estimate of drug-likeness (QED) is 0.557. The summed E-state index contributed by atoms with van der Waals surface area (Å²) in [7, 11) is 0. The van der Waals surface area contributed by atoms with E-state index in [9.17, 15) is 9.59 Å². The predicted molar refractivity (Wildman–Crippen MR) is 82.1 cm³/mol. The molecule has 20 heavy (non-hydrogen) atoms. The molecule has 0 saturated heterocycles. The summed E-state index contributed by atoms with van der Waals surface area (Å²) in [4.78, 5) is 29.8. The second-order valence-corrected chi connectivity index (χ2v) is 6.46. The minimum Gasteiger partial charge on any atom is -0.306 e. The van der Waals surface area contributed by atoms with Gasteiger partial charge in [-0.05, 0) is 35.7 Å². The van der Waals surface area contributed by atoms with Crippen LogP contribution in [0.2, 0.25) is 0 Å². The standard InChI is InChI=1S/C14H8N2O2S2/c17-13(12-6-11-10(20-12)3-4-19-11)7-1-2-8-9(5-7)16-14(18)15-8/h1-6H,(H2,15,16,18). The Kier molecular flexibility index (Phi) is 2.42. The lowest BCUT2D eigenvalue weighted by Gasteiger charge is -1.98. The molecule has 4 aromatic rings. The molecule has 0 atom stereocenters. The highest BCUT2D eigenvalue weighted by molar-refractivity contribution is 7.28. The molecule has 0 spiro atoms. The van der Waals surface area contributed by atoms with Crippen LogP contribution in [0.5, 0.6) is 0 Å². The van der Waals surface area contributed by atoms with Crippen LogP contribution < -0.4 is 5.69 Å². The van der Waals surface area contributed by atoms with Gasteiger partial charge in [0.25, 0.3) is 0 Å². The van der Waals surface area contributed by atoms with Crippen molar-refractivity contribution in [2.24, 2.45) is 0 Å². The van der Waals surface area contributed by atoms with Gasteiger partial charge in [0.1, 0.15) is 0 Å². The fourth-order valence-electron chi connectivity index (χ4n) is 2.19. The summed E-state index contributed by atoms with van der Waals surface area (Å²) in [5.41, 5.74) is 1.68. The molecule has 1 aromatic carbocycles. The minimum absolute atomic E-state index is 0.0117. The van der Waals surface area contributed by atoms with Crippen molar-refractivity contribution in [3.8, 4) is 0 Å². The molecule has 0 bridgehead atoms. The first-order valence-corrected chi connectivity index (χ1v) is 7.64. The second-order valence-electron chi connectivity index (χ2n) is 4.43. The van der Waals surface area contributed by atoms with E-state index in [4.69, 9.17) is 0 Å². The molecule has 3 heterocycles. The first kappa shape index (κ1) is 11.6. The lowest BCUT2D eigenvalue weighted by atomic mass is 10.1. The number of hydrogen-bond donors (Lipinski definition) is 2. The Bertz CT molecular complexity index is 974. The van der Waals surface area contributed by atoms with Gasteiger partial charge in [-0.2, -0.15) is 0 Å². The summed E-state index contributed by atoms with van der Waals surface area (Å²) in [6.45, 7) is 0. The van der Waals surface area contributed by atoms with Crippen LogP contribution in [0.3, 0.4) is 0 Å². The molecule has 3 aromatic heterocycles. The molecular formula is C14H8N2O2S2. The van der Waals surface area contributed by atoms with E-state index in [-0.39, 0.29) is 11.5 Å². The van der Waals surface area contributed by atoms with Gasteiger partial charge in [-0.3, -0.25) is 4.79 Å². The molecule has 0 amide bonds. The van der Waals surface area contributed by atoms with Crippen LogP contribution in [0.25, 0.3) is 20.4 Å². The number of nitrogens with one attached hydrogen (secondary N) is 2. The molecule has 98 valence electrons. The monoisotopic (exact) mass is 300 g/mol. The van der Waals surface area contributed by atoms with Gasteiger partial charge in [-0.1, -0.05) is 0 Å². The molecule has 0 fully saturated rings.